The van der Waals surface area contributed by atoms with Gasteiger partial charge in [-0.05, 0) is 92.8 Å². The van der Waals surface area contributed by atoms with Crippen molar-refractivity contribution in [3.05, 3.63) is 130 Å². The van der Waals surface area contributed by atoms with Crippen LogP contribution in [0.3, 0.4) is 0 Å². The molecule has 9 heteroatoms. The summed E-state index contributed by atoms with van der Waals surface area (Å²) in [5, 5.41) is 3.46. The van der Waals surface area contributed by atoms with E-state index in [1.54, 1.807) is 12.1 Å². The van der Waals surface area contributed by atoms with Crippen LogP contribution < -0.4 is 9.62 Å². The lowest BCUT2D eigenvalue weighted by Crippen LogP contribution is -2.54. The summed E-state index contributed by atoms with van der Waals surface area (Å²) in [6.07, 6.45) is 0.976. The minimum Gasteiger partial charge on any atom is -0.352 e. The highest BCUT2D eigenvalue weighted by molar-refractivity contribution is 7.92. The van der Waals surface area contributed by atoms with Crippen LogP contribution >= 0.6 is 11.6 Å². The second-order valence-electron chi connectivity index (χ2n) is 11.8. The van der Waals surface area contributed by atoms with E-state index >= 15 is 0 Å². The first-order chi connectivity index (χ1) is 21.9. The minimum atomic E-state index is -4.21. The second kappa shape index (κ2) is 15.4. The largest absolute Gasteiger partial charge is 0.352 e. The third-order valence-corrected chi connectivity index (χ3v) is 10.2. The van der Waals surface area contributed by atoms with Crippen LogP contribution in [0.25, 0.3) is 0 Å². The number of rotatable bonds is 13. The molecule has 1 N–H and O–H groups in total. The minimum absolute atomic E-state index is 0.00311. The van der Waals surface area contributed by atoms with Gasteiger partial charge in [-0.3, -0.25) is 13.9 Å². The van der Waals surface area contributed by atoms with Crippen molar-refractivity contribution in [1.29, 1.82) is 0 Å². The van der Waals surface area contributed by atoms with Crippen molar-refractivity contribution in [2.75, 3.05) is 10.8 Å². The molecule has 2 unspecified atom stereocenters. The maximum Gasteiger partial charge on any atom is 0.264 e. The lowest BCUT2D eigenvalue weighted by molar-refractivity contribution is -0.140. The van der Waals surface area contributed by atoms with Gasteiger partial charge in [0.05, 0.1) is 10.6 Å². The number of hydrogen-bond acceptors (Lipinski definition) is 4. The molecule has 4 aromatic carbocycles. The highest BCUT2D eigenvalue weighted by Gasteiger charge is 2.35. The first-order valence-corrected chi connectivity index (χ1v) is 17.3. The Balaban J connectivity index is 1.82. The Labute approximate surface area is 278 Å². The molecular weight excluding hydrogens is 618 g/mol. The van der Waals surface area contributed by atoms with Crippen LogP contribution in [-0.2, 0) is 32.6 Å². The van der Waals surface area contributed by atoms with Crippen LogP contribution in [0, 0.1) is 20.8 Å². The van der Waals surface area contributed by atoms with Crippen LogP contribution in [0.1, 0.15) is 48.1 Å². The molecule has 242 valence electrons. The van der Waals surface area contributed by atoms with Gasteiger partial charge in [0.2, 0.25) is 11.8 Å². The highest BCUT2D eigenvalue weighted by Crippen LogP contribution is 2.28. The normalized spacial score (nSPS) is 12.7. The summed E-state index contributed by atoms with van der Waals surface area (Å²) in [6.45, 7) is 9.32. The first kappa shape index (κ1) is 34.7. The third kappa shape index (κ3) is 8.77. The summed E-state index contributed by atoms with van der Waals surface area (Å²) in [5.74, 6) is -0.798. The number of aryl methyl sites for hydroxylation is 3. The molecule has 0 aromatic heterocycles. The molecule has 0 aliphatic carbocycles. The molecule has 7 nitrogen and oxygen atoms in total. The Morgan fingerprint density at radius 3 is 2.09 bits per heavy atom. The number of nitrogens with zero attached hydrogens (tertiary/aromatic N) is 2. The average Bonchev–Trinajstić information content (AvgIpc) is 3.04. The van der Waals surface area contributed by atoms with Gasteiger partial charge in [-0.2, -0.15) is 0 Å². The molecule has 0 saturated heterocycles. The molecule has 0 spiro atoms. The van der Waals surface area contributed by atoms with E-state index < -0.39 is 28.5 Å². The maximum absolute atomic E-state index is 14.6. The number of sulfonamides is 1. The van der Waals surface area contributed by atoms with E-state index in [-0.39, 0.29) is 29.8 Å². The van der Waals surface area contributed by atoms with Gasteiger partial charge in [0.25, 0.3) is 10.0 Å². The molecule has 2 amide bonds. The predicted octanol–water partition coefficient (Wildman–Crippen LogP) is 7.02. The molecule has 2 atom stereocenters. The van der Waals surface area contributed by atoms with E-state index in [4.69, 9.17) is 11.6 Å². The monoisotopic (exact) mass is 659 g/mol. The molecule has 46 heavy (non-hydrogen) atoms. The van der Waals surface area contributed by atoms with Gasteiger partial charge in [0.15, 0.2) is 0 Å². The van der Waals surface area contributed by atoms with Crippen molar-refractivity contribution < 1.29 is 18.0 Å². The summed E-state index contributed by atoms with van der Waals surface area (Å²) >= 11 is 6.08. The SMILES string of the molecule is CCC(C)NC(=O)C(Cc1ccccc1)N(Cc1ccc(C)cc1)C(=O)CN(c1ccc(C)c(C)c1)S(=O)(=O)c1ccc(Cl)cc1. The lowest BCUT2D eigenvalue weighted by atomic mass is 10.0. The van der Waals surface area contributed by atoms with Gasteiger partial charge >= 0.3 is 0 Å². The smallest absolute Gasteiger partial charge is 0.264 e. The summed E-state index contributed by atoms with van der Waals surface area (Å²) in [6, 6.07) is 27.4. The molecule has 4 rings (SSSR count). The number of hydrogen-bond donors (Lipinski definition) is 1. The van der Waals surface area contributed by atoms with Crippen molar-refractivity contribution in [3.8, 4) is 0 Å². The number of amides is 2. The summed E-state index contributed by atoms with van der Waals surface area (Å²) in [4.78, 5) is 30.1. The van der Waals surface area contributed by atoms with Gasteiger partial charge in [-0.25, -0.2) is 8.42 Å². The fraction of sp³-hybridized carbons (Fsp3) is 0.297. The Morgan fingerprint density at radius 2 is 1.48 bits per heavy atom. The van der Waals surface area contributed by atoms with Gasteiger partial charge < -0.3 is 10.2 Å². The van der Waals surface area contributed by atoms with Crippen molar-refractivity contribution in [2.45, 2.75) is 71.0 Å². The molecule has 0 aliphatic rings. The fourth-order valence-electron chi connectivity index (χ4n) is 5.03. The summed E-state index contributed by atoms with van der Waals surface area (Å²) in [7, 11) is -4.21. The van der Waals surface area contributed by atoms with Crippen molar-refractivity contribution in [3.63, 3.8) is 0 Å². The van der Waals surface area contributed by atoms with Crippen molar-refractivity contribution in [2.24, 2.45) is 0 Å². The van der Waals surface area contributed by atoms with Crippen molar-refractivity contribution in [1.82, 2.24) is 10.2 Å². The van der Waals surface area contributed by atoms with E-state index in [0.717, 1.165) is 38.5 Å². The van der Waals surface area contributed by atoms with Crippen LogP contribution in [0.2, 0.25) is 5.02 Å². The number of carbonyl (C=O) groups excluding carboxylic acids is 2. The first-order valence-electron chi connectivity index (χ1n) is 15.4. The zero-order valence-electron chi connectivity index (χ0n) is 27.0. The van der Waals surface area contributed by atoms with Gasteiger partial charge in [-0.15, -0.1) is 0 Å². The van der Waals surface area contributed by atoms with Crippen LogP contribution in [0.4, 0.5) is 5.69 Å². The van der Waals surface area contributed by atoms with Gasteiger partial charge in [-0.1, -0.05) is 84.8 Å². The number of carbonyl (C=O) groups is 2. The standard InChI is InChI=1S/C37H42ClN3O4S/c1-6-29(5)39-37(43)35(23-30-10-8-7-9-11-30)40(24-31-15-12-26(2)13-16-31)36(42)25-41(33-19-14-27(3)28(4)22-33)46(44,45)34-20-17-32(38)18-21-34/h7-22,29,35H,6,23-25H2,1-5H3,(H,39,43). The number of anilines is 1. The molecule has 0 aliphatic heterocycles. The van der Waals surface area contributed by atoms with Gasteiger partial charge in [0, 0.05) is 24.0 Å². The number of benzene rings is 4. The second-order valence-corrected chi connectivity index (χ2v) is 14.1. The van der Waals surface area contributed by atoms with Crippen LogP contribution in [0.5, 0.6) is 0 Å². The topological polar surface area (TPSA) is 86.8 Å². The Kier molecular flexibility index (Phi) is 11.7. The van der Waals surface area contributed by atoms with Crippen LogP contribution in [-0.4, -0.2) is 43.8 Å². The van der Waals surface area contributed by atoms with Crippen molar-refractivity contribution >= 4 is 39.1 Å². The molecule has 0 fully saturated rings. The summed E-state index contributed by atoms with van der Waals surface area (Å²) < 4.78 is 29.5. The quantitative estimate of drug-likeness (QED) is 0.167. The zero-order valence-corrected chi connectivity index (χ0v) is 28.6. The number of halogens is 1. The molecule has 0 heterocycles. The van der Waals surface area contributed by atoms with Gasteiger partial charge in [0.1, 0.15) is 12.6 Å². The molecule has 0 saturated carbocycles. The zero-order chi connectivity index (χ0) is 33.4. The molecular formula is C37H42ClN3O4S. The fourth-order valence-corrected chi connectivity index (χ4v) is 6.56. The predicted molar refractivity (Wildman–Crippen MR) is 185 cm³/mol. The maximum atomic E-state index is 14.6. The van der Waals surface area contributed by atoms with E-state index in [1.807, 2.05) is 95.3 Å². The van der Waals surface area contributed by atoms with E-state index in [2.05, 4.69) is 5.32 Å². The Hall–Kier alpha value is -4.14. The molecule has 0 radical (unpaired) electrons. The van der Waals surface area contributed by atoms with E-state index in [9.17, 15) is 18.0 Å². The summed E-state index contributed by atoms with van der Waals surface area (Å²) in [5.41, 5.74) is 4.99. The highest BCUT2D eigenvalue weighted by atomic mass is 35.5. The van der Waals surface area contributed by atoms with E-state index in [0.29, 0.717) is 10.7 Å². The average molecular weight is 660 g/mol. The van der Waals surface area contributed by atoms with E-state index in [1.165, 1.54) is 29.2 Å². The lowest BCUT2D eigenvalue weighted by Gasteiger charge is -2.34. The van der Waals surface area contributed by atoms with Crippen LogP contribution in [0.15, 0.2) is 102 Å². The third-order valence-electron chi connectivity index (χ3n) is 8.20. The Bertz CT molecular complexity index is 1740. The molecule has 4 aromatic rings. The molecule has 0 bridgehead atoms. The Morgan fingerprint density at radius 1 is 0.826 bits per heavy atom. The number of nitrogens with one attached hydrogen (secondary N) is 1.